The lowest BCUT2D eigenvalue weighted by molar-refractivity contribution is 0.633. The molecule has 1 N–H and O–H groups in total. The summed E-state index contributed by atoms with van der Waals surface area (Å²) in [5.41, 5.74) is 4.84. The van der Waals surface area contributed by atoms with Crippen molar-refractivity contribution in [3.05, 3.63) is 41.9 Å². The Labute approximate surface area is 161 Å². The summed E-state index contributed by atoms with van der Waals surface area (Å²) in [7, 11) is 1.77. The van der Waals surface area contributed by atoms with Crippen LogP contribution in [0.15, 0.2) is 36.1 Å². The maximum Gasteiger partial charge on any atom is 0.148 e. The van der Waals surface area contributed by atoms with Gasteiger partial charge in [-0.25, -0.2) is 13.8 Å². The molecule has 1 unspecified atom stereocenters. The van der Waals surface area contributed by atoms with Gasteiger partial charge in [-0.15, -0.1) is 21.5 Å². The first-order valence-corrected chi connectivity index (χ1v) is 12.1. The van der Waals surface area contributed by atoms with Gasteiger partial charge in [0.15, 0.2) is 0 Å². The van der Waals surface area contributed by atoms with E-state index in [-0.39, 0.29) is 5.82 Å². The highest BCUT2D eigenvalue weighted by molar-refractivity contribution is 14.2. The van der Waals surface area contributed by atoms with Gasteiger partial charge in [-0.05, 0) is 40.2 Å². The Hall–Kier alpha value is -1.71. The lowest BCUT2D eigenvalue weighted by Crippen LogP contribution is -1.96. The number of fused-ring (bicyclic) bond motifs is 1. The van der Waals surface area contributed by atoms with Crippen molar-refractivity contribution in [3.63, 3.8) is 0 Å². The second-order valence-electron chi connectivity index (χ2n) is 5.12. The van der Waals surface area contributed by atoms with E-state index in [1.807, 2.05) is 18.3 Å². The minimum Gasteiger partial charge on any atom is -0.372 e. The summed E-state index contributed by atoms with van der Waals surface area (Å²) in [5.74, 6) is 0.317. The first-order chi connectivity index (χ1) is 12.2. The second kappa shape index (κ2) is 6.89. The number of nitrogens with one attached hydrogen (secondary N) is 1. The molecule has 0 aliphatic rings. The lowest BCUT2D eigenvalue weighted by atomic mass is 10.0. The Morgan fingerprint density at radius 3 is 2.88 bits per heavy atom. The third kappa shape index (κ3) is 3.00. The van der Waals surface area contributed by atoms with Gasteiger partial charge in [0.25, 0.3) is 0 Å². The minimum absolute atomic E-state index is 0.343. The molecule has 0 radical (unpaired) electrons. The normalized spacial score (nSPS) is 11.6. The van der Waals surface area contributed by atoms with Crippen molar-refractivity contribution in [2.24, 2.45) is 0 Å². The van der Waals surface area contributed by atoms with Crippen molar-refractivity contribution in [1.82, 2.24) is 24.7 Å². The van der Waals surface area contributed by atoms with E-state index < -0.39 is 0 Å². The van der Waals surface area contributed by atoms with Gasteiger partial charge >= 0.3 is 0 Å². The van der Waals surface area contributed by atoms with Crippen LogP contribution >= 0.6 is 39.8 Å². The highest BCUT2D eigenvalue weighted by Crippen LogP contribution is 2.39. The first kappa shape index (κ1) is 16.7. The van der Waals surface area contributed by atoms with E-state index in [0.717, 1.165) is 10.3 Å². The molecule has 0 bridgehead atoms. The quantitative estimate of drug-likeness (QED) is 0.339. The van der Waals surface area contributed by atoms with Crippen molar-refractivity contribution >= 4 is 55.8 Å². The second-order valence-corrected chi connectivity index (χ2v) is 8.05. The summed E-state index contributed by atoms with van der Waals surface area (Å²) >= 11 is 3.69. The predicted octanol–water partition coefficient (Wildman–Crippen LogP) is 4.59. The summed E-state index contributed by atoms with van der Waals surface area (Å²) < 4.78 is 17.6. The van der Waals surface area contributed by atoms with E-state index in [2.05, 4.69) is 47.6 Å². The molecule has 1 aromatic carbocycles. The van der Waals surface area contributed by atoms with Crippen molar-refractivity contribution < 1.29 is 4.39 Å². The Kier molecular flexibility index (Phi) is 4.61. The zero-order valence-corrected chi connectivity index (χ0v) is 16.8. The minimum atomic E-state index is -0.343. The lowest BCUT2D eigenvalue weighted by Gasteiger charge is -2.07. The van der Waals surface area contributed by atoms with E-state index in [1.165, 1.54) is 17.4 Å². The molecule has 4 aromatic rings. The van der Waals surface area contributed by atoms with E-state index in [9.17, 15) is 4.39 Å². The standard InChI is InChI=1S/C15H11FIN6PS/c1-18-12-3-2-11(21-22-12)9-4-10(16)13(14-15(9)25-7-19-14)8-5-20-23(6-8)24-17/h2-7,24H,1H3,(H,18,22). The number of anilines is 1. The van der Waals surface area contributed by atoms with Crippen LogP contribution in [0.1, 0.15) is 0 Å². The SMILES string of the molecule is CNc1ccc(-c2cc(F)c(-c3cnn(PI)c3)c3ncsc23)nn1. The molecule has 6 nitrogen and oxygen atoms in total. The van der Waals surface area contributed by atoms with Crippen LogP contribution in [0, 0.1) is 5.82 Å². The van der Waals surface area contributed by atoms with E-state index in [4.69, 9.17) is 0 Å². The number of benzene rings is 1. The monoisotopic (exact) mass is 484 g/mol. The molecule has 3 heterocycles. The van der Waals surface area contributed by atoms with Gasteiger partial charge in [-0.3, -0.25) is 0 Å². The molecule has 1 atom stereocenters. The number of rotatable bonds is 4. The fourth-order valence-electron chi connectivity index (χ4n) is 2.57. The van der Waals surface area contributed by atoms with Gasteiger partial charge in [0.1, 0.15) is 11.6 Å². The summed E-state index contributed by atoms with van der Waals surface area (Å²) in [6.07, 6.45) is 3.97. The zero-order chi connectivity index (χ0) is 17.4. The number of thiazole rings is 1. The maximum atomic E-state index is 15.0. The molecule has 0 fully saturated rings. The fraction of sp³-hybridized carbons (Fsp3) is 0.0667. The third-order valence-corrected chi connectivity index (χ3v) is 6.47. The molecule has 0 amide bonds. The Balaban J connectivity index is 1.91. The highest BCUT2D eigenvalue weighted by atomic mass is 127. The first-order valence-electron chi connectivity index (χ1n) is 7.20. The summed E-state index contributed by atoms with van der Waals surface area (Å²) in [6.45, 7) is 0. The number of hydrogen-bond acceptors (Lipinski definition) is 6. The van der Waals surface area contributed by atoms with E-state index >= 15 is 0 Å². The van der Waals surface area contributed by atoms with Crippen LogP contribution < -0.4 is 5.32 Å². The summed E-state index contributed by atoms with van der Waals surface area (Å²) in [5, 5.41) is 15.4. The van der Waals surface area contributed by atoms with Crippen molar-refractivity contribution in [2.45, 2.75) is 0 Å². The van der Waals surface area contributed by atoms with Crippen molar-refractivity contribution in [3.8, 4) is 22.4 Å². The maximum absolute atomic E-state index is 15.0. The number of hydrogen-bond donors (Lipinski definition) is 1. The molecule has 0 spiro atoms. The number of halogens is 2. The van der Waals surface area contributed by atoms with Gasteiger partial charge in [-0.1, -0.05) is 0 Å². The molecule has 126 valence electrons. The average Bonchev–Trinajstić information content (AvgIpc) is 3.30. The molecule has 10 heteroatoms. The summed E-state index contributed by atoms with van der Waals surface area (Å²) in [4.78, 5) is 4.39. The molecular formula is C15H11FIN6PS. The van der Waals surface area contributed by atoms with Gasteiger partial charge in [0.05, 0.1) is 34.0 Å². The van der Waals surface area contributed by atoms with Crippen LogP contribution in [0.2, 0.25) is 0 Å². The molecular weight excluding hydrogens is 473 g/mol. The Morgan fingerprint density at radius 1 is 1.32 bits per heavy atom. The third-order valence-electron chi connectivity index (χ3n) is 3.71. The molecule has 3 aromatic heterocycles. The molecule has 0 aliphatic carbocycles. The van der Waals surface area contributed by atoms with Crippen LogP contribution in [-0.2, 0) is 0 Å². The molecule has 25 heavy (non-hydrogen) atoms. The number of nitrogens with zero attached hydrogens (tertiary/aromatic N) is 5. The Bertz CT molecular complexity index is 1050. The van der Waals surface area contributed by atoms with Gasteiger partial charge in [-0.2, -0.15) is 5.10 Å². The van der Waals surface area contributed by atoms with E-state index in [1.54, 1.807) is 23.2 Å². The van der Waals surface area contributed by atoms with Crippen LogP contribution in [0.5, 0.6) is 0 Å². The van der Waals surface area contributed by atoms with Crippen molar-refractivity contribution in [1.29, 1.82) is 0 Å². The van der Waals surface area contributed by atoms with Crippen LogP contribution in [0.3, 0.4) is 0 Å². The summed E-state index contributed by atoms with van der Waals surface area (Å²) in [6, 6.07) is 5.14. The molecule has 0 aliphatic heterocycles. The average molecular weight is 484 g/mol. The van der Waals surface area contributed by atoms with Gasteiger partial charge < -0.3 is 5.32 Å². The Morgan fingerprint density at radius 2 is 2.20 bits per heavy atom. The smallest absolute Gasteiger partial charge is 0.148 e. The van der Waals surface area contributed by atoms with Gasteiger partial charge in [0.2, 0.25) is 0 Å². The van der Waals surface area contributed by atoms with Crippen LogP contribution in [-0.4, -0.2) is 31.8 Å². The van der Waals surface area contributed by atoms with E-state index in [0.29, 0.717) is 34.5 Å². The molecule has 0 saturated heterocycles. The molecule has 4 rings (SSSR count). The van der Waals surface area contributed by atoms with Crippen LogP contribution in [0.25, 0.3) is 32.6 Å². The largest absolute Gasteiger partial charge is 0.372 e. The fourth-order valence-corrected chi connectivity index (χ4v) is 4.47. The zero-order valence-electron chi connectivity index (χ0n) is 12.9. The predicted molar refractivity (Wildman–Crippen MR) is 109 cm³/mol. The highest BCUT2D eigenvalue weighted by Gasteiger charge is 2.19. The molecule has 0 saturated carbocycles. The van der Waals surface area contributed by atoms with Gasteiger partial charge in [0, 0.05) is 29.9 Å². The van der Waals surface area contributed by atoms with Crippen LogP contribution in [0.4, 0.5) is 10.2 Å². The van der Waals surface area contributed by atoms with Crippen molar-refractivity contribution in [2.75, 3.05) is 12.4 Å². The topological polar surface area (TPSA) is 68.5 Å². The number of aromatic nitrogens is 5.